The van der Waals surface area contributed by atoms with Gasteiger partial charge in [-0.15, -0.1) is 0 Å². The van der Waals surface area contributed by atoms with Gasteiger partial charge in [0.15, 0.2) is 0 Å². The largest absolute Gasteiger partial charge is 0.489 e. The zero-order valence-electron chi connectivity index (χ0n) is 15.1. The maximum Gasteiger partial charge on any atom is 0.255 e. The molecule has 3 nitrogen and oxygen atoms in total. The lowest BCUT2D eigenvalue weighted by Gasteiger charge is -2.09. The summed E-state index contributed by atoms with van der Waals surface area (Å²) in [6, 6.07) is 25.2. The van der Waals surface area contributed by atoms with Gasteiger partial charge in [0.2, 0.25) is 0 Å². The van der Waals surface area contributed by atoms with Crippen LogP contribution < -0.4 is 10.1 Å². The Balaban J connectivity index is 1.57. The van der Waals surface area contributed by atoms with E-state index in [9.17, 15) is 4.79 Å². The van der Waals surface area contributed by atoms with E-state index in [1.54, 1.807) is 0 Å². The van der Waals surface area contributed by atoms with Crippen molar-refractivity contribution in [2.45, 2.75) is 26.4 Å². The number of carbonyl (C=O) groups excluding carboxylic acids is 1. The molecular weight excluding hydrogens is 322 g/mol. The molecule has 0 radical (unpaired) electrons. The van der Waals surface area contributed by atoms with E-state index in [4.69, 9.17) is 4.74 Å². The monoisotopic (exact) mass is 345 g/mol. The van der Waals surface area contributed by atoms with Crippen molar-refractivity contribution in [1.82, 2.24) is 0 Å². The van der Waals surface area contributed by atoms with Crippen molar-refractivity contribution in [2.24, 2.45) is 0 Å². The topological polar surface area (TPSA) is 38.3 Å². The van der Waals surface area contributed by atoms with Crippen LogP contribution in [-0.4, -0.2) is 5.91 Å². The molecule has 0 saturated heterocycles. The van der Waals surface area contributed by atoms with E-state index in [2.05, 4.69) is 19.2 Å². The molecule has 0 spiro atoms. The van der Waals surface area contributed by atoms with Crippen molar-refractivity contribution < 1.29 is 9.53 Å². The van der Waals surface area contributed by atoms with Crippen LogP contribution in [0.5, 0.6) is 5.75 Å². The zero-order chi connectivity index (χ0) is 18.4. The van der Waals surface area contributed by atoms with E-state index in [-0.39, 0.29) is 5.91 Å². The second-order valence-electron chi connectivity index (χ2n) is 6.53. The van der Waals surface area contributed by atoms with Crippen LogP contribution in [-0.2, 0) is 6.61 Å². The number of rotatable bonds is 6. The molecule has 3 heteroatoms. The predicted octanol–water partition coefficient (Wildman–Crippen LogP) is 5.64. The minimum Gasteiger partial charge on any atom is -0.489 e. The third-order valence-corrected chi connectivity index (χ3v) is 4.20. The maximum absolute atomic E-state index is 12.3. The lowest BCUT2D eigenvalue weighted by molar-refractivity contribution is 0.102. The van der Waals surface area contributed by atoms with Gasteiger partial charge in [-0.25, -0.2) is 0 Å². The van der Waals surface area contributed by atoms with Crippen molar-refractivity contribution in [2.75, 3.05) is 5.32 Å². The molecule has 0 aliphatic heterocycles. The number of nitrogens with one attached hydrogen (secondary N) is 1. The summed E-state index contributed by atoms with van der Waals surface area (Å²) in [7, 11) is 0. The number of hydrogen-bond donors (Lipinski definition) is 1. The Kier molecular flexibility index (Phi) is 5.69. The number of anilines is 1. The number of benzene rings is 3. The number of ether oxygens (including phenoxy) is 1. The normalized spacial score (nSPS) is 10.6. The molecule has 3 rings (SSSR count). The van der Waals surface area contributed by atoms with Crippen LogP contribution in [0, 0.1) is 0 Å². The van der Waals surface area contributed by atoms with Gasteiger partial charge >= 0.3 is 0 Å². The van der Waals surface area contributed by atoms with Crippen molar-refractivity contribution in [3.8, 4) is 5.75 Å². The van der Waals surface area contributed by atoms with E-state index in [1.165, 1.54) is 5.56 Å². The molecule has 0 bridgehead atoms. The van der Waals surface area contributed by atoms with Gasteiger partial charge in [-0.1, -0.05) is 56.3 Å². The molecule has 0 aliphatic rings. The Bertz CT molecular complexity index is 838. The maximum atomic E-state index is 12.3. The molecule has 26 heavy (non-hydrogen) atoms. The van der Waals surface area contributed by atoms with Gasteiger partial charge in [0.1, 0.15) is 12.4 Å². The number of amides is 1. The minimum atomic E-state index is -0.113. The summed E-state index contributed by atoms with van der Waals surface area (Å²) in [5.41, 5.74) is 3.74. The molecule has 3 aromatic rings. The molecule has 132 valence electrons. The van der Waals surface area contributed by atoms with Crippen LogP contribution in [0.1, 0.15) is 41.3 Å². The molecule has 1 N–H and O–H groups in total. The average Bonchev–Trinajstić information content (AvgIpc) is 2.68. The molecule has 0 aromatic heterocycles. The Morgan fingerprint density at radius 2 is 1.54 bits per heavy atom. The highest BCUT2D eigenvalue weighted by atomic mass is 16.5. The Morgan fingerprint density at radius 1 is 0.885 bits per heavy atom. The van der Waals surface area contributed by atoms with E-state index >= 15 is 0 Å². The van der Waals surface area contributed by atoms with Crippen molar-refractivity contribution in [1.29, 1.82) is 0 Å². The number of hydrogen-bond acceptors (Lipinski definition) is 2. The van der Waals surface area contributed by atoms with Gasteiger partial charge in [-0.3, -0.25) is 4.79 Å². The molecule has 0 heterocycles. The second kappa shape index (κ2) is 8.34. The van der Waals surface area contributed by atoms with Gasteiger partial charge in [0, 0.05) is 11.3 Å². The molecule has 0 atom stereocenters. The van der Waals surface area contributed by atoms with Gasteiger partial charge in [-0.05, 0) is 53.4 Å². The summed E-state index contributed by atoms with van der Waals surface area (Å²) in [5, 5.41) is 2.91. The summed E-state index contributed by atoms with van der Waals surface area (Å²) in [4.78, 5) is 12.3. The highest BCUT2D eigenvalue weighted by Crippen LogP contribution is 2.19. The first-order valence-corrected chi connectivity index (χ1v) is 8.80. The third kappa shape index (κ3) is 4.73. The lowest BCUT2D eigenvalue weighted by Crippen LogP contribution is -2.11. The van der Waals surface area contributed by atoms with Gasteiger partial charge < -0.3 is 10.1 Å². The van der Waals surface area contributed by atoms with Gasteiger partial charge in [0.05, 0.1) is 0 Å². The van der Waals surface area contributed by atoms with Crippen LogP contribution in [0.4, 0.5) is 5.69 Å². The summed E-state index contributed by atoms with van der Waals surface area (Å²) < 4.78 is 5.76. The third-order valence-electron chi connectivity index (χ3n) is 4.20. The first-order chi connectivity index (χ1) is 12.6. The quantitative estimate of drug-likeness (QED) is 0.628. The van der Waals surface area contributed by atoms with Crippen molar-refractivity contribution in [3.63, 3.8) is 0 Å². The summed E-state index contributed by atoms with van der Waals surface area (Å²) >= 11 is 0. The van der Waals surface area contributed by atoms with Crippen LogP contribution >= 0.6 is 0 Å². The van der Waals surface area contributed by atoms with Gasteiger partial charge in [-0.2, -0.15) is 0 Å². The van der Waals surface area contributed by atoms with Crippen LogP contribution in [0.3, 0.4) is 0 Å². The van der Waals surface area contributed by atoms with E-state index in [0.29, 0.717) is 18.1 Å². The molecule has 0 aliphatic carbocycles. The molecule has 1 amide bonds. The Morgan fingerprint density at radius 3 is 2.15 bits per heavy atom. The minimum absolute atomic E-state index is 0.113. The van der Waals surface area contributed by atoms with E-state index in [1.807, 2.05) is 78.9 Å². The van der Waals surface area contributed by atoms with Crippen LogP contribution in [0.25, 0.3) is 0 Å². The summed E-state index contributed by atoms with van der Waals surface area (Å²) in [5.74, 6) is 1.11. The number of carbonyl (C=O) groups is 1. The standard InChI is InChI=1S/C23H23NO2/c1-17(2)19-8-10-20(11-9-19)23(25)24-21-12-14-22(15-13-21)26-16-18-6-4-3-5-7-18/h3-15,17H,16H2,1-2H3,(H,24,25). The fourth-order valence-electron chi connectivity index (χ4n) is 2.60. The second-order valence-corrected chi connectivity index (χ2v) is 6.53. The highest BCUT2D eigenvalue weighted by molar-refractivity contribution is 6.04. The van der Waals surface area contributed by atoms with Crippen LogP contribution in [0.2, 0.25) is 0 Å². The summed E-state index contributed by atoms with van der Waals surface area (Å²) in [6.07, 6.45) is 0. The molecule has 0 saturated carbocycles. The Hall–Kier alpha value is -3.07. The first-order valence-electron chi connectivity index (χ1n) is 8.80. The SMILES string of the molecule is CC(C)c1ccc(C(=O)Nc2ccc(OCc3ccccc3)cc2)cc1. The molecule has 3 aromatic carbocycles. The van der Waals surface area contributed by atoms with Crippen molar-refractivity contribution >= 4 is 11.6 Å². The van der Waals surface area contributed by atoms with Crippen molar-refractivity contribution in [3.05, 3.63) is 95.6 Å². The fraction of sp³-hybridized carbons (Fsp3) is 0.174. The molecule has 0 fully saturated rings. The zero-order valence-corrected chi connectivity index (χ0v) is 15.1. The highest BCUT2D eigenvalue weighted by Gasteiger charge is 2.07. The average molecular weight is 345 g/mol. The summed E-state index contributed by atoms with van der Waals surface area (Å²) in [6.45, 7) is 4.79. The lowest BCUT2D eigenvalue weighted by atomic mass is 10.0. The molecule has 0 unspecified atom stereocenters. The molecular formula is C23H23NO2. The van der Waals surface area contributed by atoms with E-state index < -0.39 is 0 Å². The van der Waals surface area contributed by atoms with E-state index in [0.717, 1.165) is 17.0 Å². The van der Waals surface area contributed by atoms with Gasteiger partial charge in [0.25, 0.3) is 5.91 Å². The Labute approximate surface area is 154 Å². The first kappa shape index (κ1) is 17.7. The smallest absolute Gasteiger partial charge is 0.255 e. The van der Waals surface area contributed by atoms with Crippen LogP contribution in [0.15, 0.2) is 78.9 Å². The predicted molar refractivity (Wildman–Crippen MR) is 106 cm³/mol. The fourth-order valence-corrected chi connectivity index (χ4v) is 2.60.